The van der Waals surface area contributed by atoms with Crippen LogP contribution in [0.1, 0.15) is 28.3 Å². The molecule has 0 aliphatic carbocycles. The third kappa shape index (κ3) is 2.49. The average Bonchev–Trinajstić information content (AvgIpc) is 3.06. The summed E-state index contributed by atoms with van der Waals surface area (Å²) in [4.78, 5) is 0. The zero-order chi connectivity index (χ0) is 16.8. The van der Waals surface area contributed by atoms with Crippen LogP contribution in [0.15, 0.2) is 39.8 Å². The number of fused-ring (bicyclic) bond motifs is 3. The third-order valence-corrected chi connectivity index (χ3v) is 5.33. The molecule has 0 aliphatic rings. The van der Waals surface area contributed by atoms with Crippen molar-refractivity contribution in [1.29, 1.82) is 0 Å². The van der Waals surface area contributed by atoms with Gasteiger partial charge in [-0.25, -0.2) is 0 Å². The van der Waals surface area contributed by atoms with Gasteiger partial charge in [-0.2, -0.15) is 0 Å². The second-order valence-electron chi connectivity index (χ2n) is 6.24. The van der Waals surface area contributed by atoms with Crippen LogP contribution in [0.5, 0.6) is 0 Å². The highest BCUT2D eigenvalue weighted by Gasteiger charge is 2.15. The lowest BCUT2D eigenvalue weighted by Gasteiger charge is -2.08. The Kier molecular flexibility index (Phi) is 3.61. The summed E-state index contributed by atoms with van der Waals surface area (Å²) in [5.41, 5.74) is 6.94. The Hall–Kier alpha value is -2.27. The second kappa shape index (κ2) is 5.67. The van der Waals surface area contributed by atoms with Crippen LogP contribution >= 0.6 is 11.8 Å². The first kappa shape index (κ1) is 15.3. The molecule has 5 heteroatoms. The molecule has 0 radical (unpaired) electrons. The van der Waals surface area contributed by atoms with E-state index in [4.69, 9.17) is 4.42 Å². The normalized spacial score (nSPS) is 11.7. The third-order valence-electron chi connectivity index (χ3n) is 4.31. The van der Waals surface area contributed by atoms with Crippen LogP contribution in [-0.4, -0.2) is 14.6 Å². The second-order valence-corrected chi connectivity index (χ2v) is 7.21. The molecule has 0 amide bonds. The average molecular weight is 337 g/mol. The number of hydrogen-bond acceptors (Lipinski definition) is 4. The lowest BCUT2D eigenvalue weighted by atomic mass is 10.1. The highest BCUT2D eigenvalue weighted by atomic mass is 32.2. The number of nitrogens with zero attached hydrogens (tertiary/aromatic N) is 3. The number of benzene rings is 1. The molecule has 3 aromatic heterocycles. The molecule has 4 aromatic rings. The van der Waals surface area contributed by atoms with Gasteiger partial charge in [0.25, 0.3) is 0 Å². The fraction of sp³-hybridized carbons (Fsp3) is 0.263. The minimum absolute atomic E-state index is 0.872. The Morgan fingerprint density at radius 3 is 2.67 bits per heavy atom. The van der Waals surface area contributed by atoms with E-state index in [1.807, 2.05) is 13.8 Å². The fourth-order valence-corrected chi connectivity index (χ4v) is 4.04. The molecule has 4 rings (SSSR count). The predicted octanol–water partition coefficient (Wildman–Crippen LogP) is 5.00. The zero-order valence-corrected chi connectivity index (χ0v) is 15.1. The molecule has 0 saturated carbocycles. The van der Waals surface area contributed by atoms with Crippen LogP contribution in [0.2, 0.25) is 0 Å². The molecule has 1 aromatic carbocycles. The summed E-state index contributed by atoms with van der Waals surface area (Å²) in [7, 11) is 0. The lowest BCUT2D eigenvalue weighted by molar-refractivity contribution is 0.579. The molecular formula is C19H19N3OS. The monoisotopic (exact) mass is 337 g/mol. The van der Waals surface area contributed by atoms with E-state index < -0.39 is 0 Å². The molecule has 0 bridgehead atoms. The number of rotatable bonds is 3. The van der Waals surface area contributed by atoms with Crippen molar-refractivity contribution in [3.8, 4) is 0 Å². The predicted molar refractivity (Wildman–Crippen MR) is 97.7 cm³/mol. The molecule has 0 atom stereocenters. The Bertz CT molecular complexity index is 1060. The van der Waals surface area contributed by atoms with Crippen molar-refractivity contribution in [2.45, 2.75) is 38.5 Å². The molecule has 0 unspecified atom stereocenters. The van der Waals surface area contributed by atoms with Crippen molar-refractivity contribution in [3.05, 3.63) is 58.6 Å². The SMILES string of the molecule is Cc1ccc(C)c(CSc2nnc(C)n3c2cc2oc(C)cc23)c1. The maximum atomic E-state index is 5.77. The van der Waals surface area contributed by atoms with E-state index in [1.165, 1.54) is 16.7 Å². The summed E-state index contributed by atoms with van der Waals surface area (Å²) < 4.78 is 7.90. The van der Waals surface area contributed by atoms with Gasteiger partial charge in [-0.05, 0) is 38.8 Å². The fourth-order valence-electron chi connectivity index (χ4n) is 3.04. The Balaban J connectivity index is 1.75. The number of aromatic nitrogens is 3. The minimum Gasteiger partial charge on any atom is -0.460 e. The van der Waals surface area contributed by atoms with E-state index in [0.717, 1.165) is 39.0 Å². The van der Waals surface area contributed by atoms with Crippen molar-refractivity contribution in [2.24, 2.45) is 0 Å². The van der Waals surface area contributed by atoms with Crippen molar-refractivity contribution in [3.63, 3.8) is 0 Å². The van der Waals surface area contributed by atoms with Crippen LogP contribution in [0.4, 0.5) is 0 Å². The van der Waals surface area contributed by atoms with Crippen LogP contribution in [-0.2, 0) is 5.75 Å². The summed E-state index contributed by atoms with van der Waals surface area (Å²) in [6.45, 7) is 8.22. The van der Waals surface area contributed by atoms with Crippen molar-refractivity contribution in [2.75, 3.05) is 0 Å². The smallest absolute Gasteiger partial charge is 0.153 e. The highest BCUT2D eigenvalue weighted by molar-refractivity contribution is 7.98. The van der Waals surface area contributed by atoms with E-state index in [9.17, 15) is 0 Å². The summed E-state index contributed by atoms with van der Waals surface area (Å²) in [6, 6.07) is 10.7. The summed E-state index contributed by atoms with van der Waals surface area (Å²) in [6.07, 6.45) is 0. The number of furan rings is 1. The first-order valence-corrected chi connectivity index (χ1v) is 8.95. The van der Waals surface area contributed by atoms with E-state index in [2.05, 4.69) is 58.8 Å². The van der Waals surface area contributed by atoms with Gasteiger partial charge in [0.15, 0.2) is 5.58 Å². The van der Waals surface area contributed by atoms with Gasteiger partial charge < -0.3 is 4.42 Å². The molecule has 122 valence electrons. The number of hydrogen-bond donors (Lipinski definition) is 0. The topological polar surface area (TPSA) is 43.3 Å². The van der Waals surface area contributed by atoms with E-state index in [-0.39, 0.29) is 0 Å². The Morgan fingerprint density at radius 2 is 1.83 bits per heavy atom. The van der Waals surface area contributed by atoms with Crippen LogP contribution < -0.4 is 0 Å². The maximum absolute atomic E-state index is 5.77. The summed E-state index contributed by atoms with van der Waals surface area (Å²) >= 11 is 1.72. The number of thioether (sulfide) groups is 1. The van der Waals surface area contributed by atoms with Gasteiger partial charge in [-0.15, -0.1) is 10.2 Å². The summed E-state index contributed by atoms with van der Waals surface area (Å²) in [5.74, 6) is 2.67. The standard InChI is InChI=1S/C19H19N3OS/c1-11-5-6-12(2)15(7-11)10-24-19-17-9-18-16(8-13(3)23-18)22(17)14(4)20-21-19/h5-9H,10H2,1-4H3. The van der Waals surface area contributed by atoms with Gasteiger partial charge in [0.1, 0.15) is 16.6 Å². The first-order chi connectivity index (χ1) is 11.5. The minimum atomic E-state index is 0.872. The van der Waals surface area contributed by atoms with Crippen molar-refractivity contribution in [1.82, 2.24) is 14.6 Å². The Morgan fingerprint density at radius 1 is 1.00 bits per heavy atom. The quantitative estimate of drug-likeness (QED) is 0.493. The van der Waals surface area contributed by atoms with Gasteiger partial charge in [0.2, 0.25) is 0 Å². The molecule has 0 aliphatic heterocycles. The molecule has 0 fully saturated rings. The van der Waals surface area contributed by atoms with Crippen LogP contribution in [0.25, 0.3) is 16.6 Å². The number of aryl methyl sites for hydroxylation is 4. The zero-order valence-electron chi connectivity index (χ0n) is 14.3. The van der Waals surface area contributed by atoms with E-state index in [0.29, 0.717) is 0 Å². The molecule has 24 heavy (non-hydrogen) atoms. The van der Waals surface area contributed by atoms with Gasteiger partial charge >= 0.3 is 0 Å². The van der Waals surface area contributed by atoms with Crippen LogP contribution in [0, 0.1) is 27.7 Å². The van der Waals surface area contributed by atoms with Crippen molar-refractivity contribution < 1.29 is 4.42 Å². The Labute approximate surface area is 144 Å². The molecule has 4 nitrogen and oxygen atoms in total. The molecule has 3 heterocycles. The molecular weight excluding hydrogens is 318 g/mol. The lowest BCUT2D eigenvalue weighted by Crippen LogP contribution is -2.00. The van der Waals surface area contributed by atoms with Crippen LogP contribution in [0.3, 0.4) is 0 Å². The molecule has 0 N–H and O–H groups in total. The first-order valence-electron chi connectivity index (χ1n) is 7.97. The van der Waals surface area contributed by atoms with Gasteiger partial charge in [-0.3, -0.25) is 4.40 Å². The van der Waals surface area contributed by atoms with Gasteiger partial charge in [-0.1, -0.05) is 35.5 Å². The molecule has 0 spiro atoms. The highest BCUT2D eigenvalue weighted by Crippen LogP contribution is 2.31. The van der Waals surface area contributed by atoms with Gasteiger partial charge in [0.05, 0.1) is 11.0 Å². The van der Waals surface area contributed by atoms with Gasteiger partial charge in [0, 0.05) is 17.9 Å². The van der Waals surface area contributed by atoms with E-state index >= 15 is 0 Å². The maximum Gasteiger partial charge on any atom is 0.153 e. The summed E-state index contributed by atoms with van der Waals surface area (Å²) in [5, 5.41) is 9.70. The van der Waals surface area contributed by atoms with E-state index in [1.54, 1.807) is 11.8 Å². The molecule has 0 saturated heterocycles. The largest absolute Gasteiger partial charge is 0.460 e. The van der Waals surface area contributed by atoms with Crippen molar-refractivity contribution >= 4 is 28.4 Å².